The molecule has 0 bridgehead atoms. The lowest BCUT2D eigenvalue weighted by Gasteiger charge is -2.12. The van der Waals surface area contributed by atoms with E-state index in [-0.39, 0.29) is 0 Å². The average molecular weight is 275 g/mol. The minimum Gasteiger partial charge on any atom is -0.493 e. The van der Waals surface area contributed by atoms with E-state index in [1.165, 1.54) is 7.11 Å². The van der Waals surface area contributed by atoms with Gasteiger partial charge in [-0.1, -0.05) is 17.7 Å². The largest absolute Gasteiger partial charge is 0.493 e. The van der Waals surface area contributed by atoms with Gasteiger partial charge in [-0.3, -0.25) is 4.98 Å². The zero-order valence-electron chi connectivity index (χ0n) is 10.3. The van der Waals surface area contributed by atoms with E-state index in [1.54, 1.807) is 24.5 Å². The van der Waals surface area contributed by atoms with E-state index >= 15 is 0 Å². The summed E-state index contributed by atoms with van der Waals surface area (Å²) in [5.74, 6) is 0.861. The number of hydrogen-bond acceptors (Lipinski definition) is 4. The standard InChI is InChI=1S/C14H11ClN2O2/c1-18-13-6-11(7-16)5-12(15)14(13)19-9-10-3-2-4-17-8-10/h2-6,8H,9H2,1H3. The second kappa shape index (κ2) is 6.07. The van der Waals surface area contributed by atoms with Gasteiger partial charge in [-0.2, -0.15) is 5.26 Å². The highest BCUT2D eigenvalue weighted by Gasteiger charge is 2.12. The van der Waals surface area contributed by atoms with Gasteiger partial charge < -0.3 is 9.47 Å². The molecule has 2 aromatic rings. The van der Waals surface area contributed by atoms with E-state index < -0.39 is 0 Å². The molecular formula is C14H11ClN2O2. The molecule has 4 nitrogen and oxygen atoms in total. The Morgan fingerprint density at radius 2 is 2.26 bits per heavy atom. The number of nitrogens with zero attached hydrogens (tertiary/aromatic N) is 2. The molecule has 0 aliphatic rings. The molecule has 0 saturated heterocycles. The molecule has 5 heteroatoms. The molecule has 0 spiro atoms. The summed E-state index contributed by atoms with van der Waals surface area (Å²) in [6, 6.07) is 8.88. The fourth-order valence-electron chi connectivity index (χ4n) is 1.56. The quantitative estimate of drug-likeness (QED) is 0.859. The minimum absolute atomic E-state index is 0.329. The monoisotopic (exact) mass is 274 g/mol. The SMILES string of the molecule is COc1cc(C#N)cc(Cl)c1OCc1cccnc1. The van der Waals surface area contributed by atoms with Crippen molar-refractivity contribution in [1.29, 1.82) is 5.26 Å². The van der Waals surface area contributed by atoms with Gasteiger partial charge in [-0.05, 0) is 12.1 Å². The zero-order chi connectivity index (χ0) is 13.7. The lowest BCUT2D eigenvalue weighted by atomic mass is 10.2. The van der Waals surface area contributed by atoms with E-state index in [9.17, 15) is 0 Å². The van der Waals surface area contributed by atoms with Crippen LogP contribution in [-0.4, -0.2) is 12.1 Å². The van der Waals surface area contributed by atoms with Gasteiger partial charge in [0.25, 0.3) is 0 Å². The molecule has 0 atom stereocenters. The highest BCUT2D eigenvalue weighted by atomic mass is 35.5. The van der Waals surface area contributed by atoms with Crippen molar-refractivity contribution in [3.63, 3.8) is 0 Å². The first kappa shape index (κ1) is 13.2. The minimum atomic E-state index is 0.329. The number of halogens is 1. The number of rotatable bonds is 4. The Morgan fingerprint density at radius 3 is 2.89 bits per heavy atom. The fourth-order valence-corrected chi connectivity index (χ4v) is 1.83. The summed E-state index contributed by atoms with van der Waals surface area (Å²) >= 11 is 6.09. The van der Waals surface area contributed by atoms with E-state index in [0.29, 0.717) is 28.7 Å². The second-order valence-corrected chi connectivity index (χ2v) is 4.16. The van der Waals surface area contributed by atoms with Gasteiger partial charge in [0, 0.05) is 24.0 Å². The summed E-state index contributed by atoms with van der Waals surface area (Å²) in [5.41, 5.74) is 1.35. The van der Waals surface area contributed by atoms with Gasteiger partial charge in [0.15, 0.2) is 11.5 Å². The third-order valence-electron chi connectivity index (χ3n) is 2.46. The van der Waals surface area contributed by atoms with Crippen molar-refractivity contribution in [2.75, 3.05) is 7.11 Å². The molecule has 1 aromatic heterocycles. The lowest BCUT2D eigenvalue weighted by molar-refractivity contribution is 0.284. The van der Waals surface area contributed by atoms with Gasteiger partial charge in [0.1, 0.15) is 6.61 Å². The van der Waals surface area contributed by atoms with Gasteiger partial charge in [-0.25, -0.2) is 0 Å². The predicted molar refractivity (Wildman–Crippen MR) is 71.3 cm³/mol. The number of hydrogen-bond donors (Lipinski definition) is 0. The van der Waals surface area contributed by atoms with Crippen LogP contribution in [0.2, 0.25) is 5.02 Å². The number of ether oxygens (including phenoxy) is 2. The van der Waals surface area contributed by atoms with Gasteiger partial charge in [0.2, 0.25) is 0 Å². The Hall–Kier alpha value is -2.25. The average Bonchev–Trinajstić information content (AvgIpc) is 2.46. The third-order valence-corrected chi connectivity index (χ3v) is 2.75. The van der Waals surface area contributed by atoms with Crippen molar-refractivity contribution in [3.05, 3.63) is 52.8 Å². The number of nitriles is 1. The van der Waals surface area contributed by atoms with Crippen LogP contribution in [0.1, 0.15) is 11.1 Å². The molecule has 0 unspecified atom stereocenters. The summed E-state index contributed by atoms with van der Waals surface area (Å²) in [4.78, 5) is 4.00. The molecule has 0 saturated carbocycles. The Morgan fingerprint density at radius 1 is 1.42 bits per heavy atom. The Kier molecular flexibility index (Phi) is 4.22. The molecular weight excluding hydrogens is 264 g/mol. The van der Waals surface area contributed by atoms with Crippen LogP contribution in [0.3, 0.4) is 0 Å². The van der Waals surface area contributed by atoms with Crippen LogP contribution < -0.4 is 9.47 Å². The smallest absolute Gasteiger partial charge is 0.180 e. The first-order valence-corrected chi connectivity index (χ1v) is 5.91. The molecule has 0 aliphatic carbocycles. The van der Waals surface area contributed by atoms with E-state index in [0.717, 1.165) is 5.56 Å². The lowest BCUT2D eigenvalue weighted by Crippen LogP contribution is -1.99. The highest BCUT2D eigenvalue weighted by Crippen LogP contribution is 2.36. The topological polar surface area (TPSA) is 55.1 Å². The maximum absolute atomic E-state index is 8.87. The van der Waals surface area contributed by atoms with Crippen LogP contribution in [0.5, 0.6) is 11.5 Å². The molecule has 0 N–H and O–H groups in total. The normalized spacial score (nSPS) is 9.74. The molecule has 96 valence electrons. The molecule has 0 radical (unpaired) electrons. The van der Waals surface area contributed by atoms with Gasteiger partial charge in [-0.15, -0.1) is 0 Å². The van der Waals surface area contributed by atoms with Crippen LogP contribution in [0.25, 0.3) is 0 Å². The summed E-state index contributed by atoms with van der Waals surface area (Å²) in [5, 5.41) is 9.21. The molecule has 1 heterocycles. The Bertz CT molecular complexity index is 609. The van der Waals surface area contributed by atoms with E-state index in [4.69, 9.17) is 26.3 Å². The highest BCUT2D eigenvalue weighted by molar-refractivity contribution is 6.32. The summed E-state index contributed by atoms with van der Waals surface area (Å²) in [6.45, 7) is 0.329. The van der Waals surface area contributed by atoms with Crippen molar-refractivity contribution in [2.24, 2.45) is 0 Å². The number of aromatic nitrogens is 1. The third kappa shape index (κ3) is 3.15. The fraction of sp³-hybridized carbons (Fsp3) is 0.143. The molecule has 0 aliphatic heterocycles. The van der Waals surface area contributed by atoms with Crippen molar-refractivity contribution in [1.82, 2.24) is 4.98 Å². The predicted octanol–water partition coefficient (Wildman–Crippen LogP) is 3.19. The van der Waals surface area contributed by atoms with Gasteiger partial charge >= 0.3 is 0 Å². The van der Waals surface area contributed by atoms with Crippen LogP contribution in [-0.2, 0) is 6.61 Å². The first-order chi connectivity index (χ1) is 9.24. The van der Waals surface area contributed by atoms with Crippen LogP contribution in [0.4, 0.5) is 0 Å². The number of benzene rings is 1. The molecule has 0 amide bonds. The first-order valence-electron chi connectivity index (χ1n) is 5.54. The van der Waals surface area contributed by atoms with Crippen LogP contribution in [0, 0.1) is 11.3 Å². The van der Waals surface area contributed by atoms with E-state index in [1.807, 2.05) is 18.2 Å². The summed E-state index contributed by atoms with van der Waals surface area (Å²) < 4.78 is 10.8. The van der Waals surface area contributed by atoms with E-state index in [2.05, 4.69) is 4.98 Å². The van der Waals surface area contributed by atoms with Gasteiger partial charge in [0.05, 0.1) is 23.8 Å². The number of pyridine rings is 1. The van der Waals surface area contributed by atoms with Crippen molar-refractivity contribution in [3.8, 4) is 17.6 Å². The second-order valence-electron chi connectivity index (χ2n) is 3.75. The van der Waals surface area contributed by atoms with Crippen molar-refractivity contribution in [2.45, 2.75) is 6.61 Å². The Balaban J connectivity index is 2.23. The molecule has 2 rings (SSSR count). The van der Waals surface area contributed by atoms with Crippen molar-refractivity contribution < 1.29 is 9.47 Å². The maximum Gasteiger partial charge on any atom is 0.180 e. The Labute approximate surface area is 116 Å². The molecule has 1 aromatic carbocycles. The van der Waals surface area contributed by atoms with Crippen molar-refractivity contribution >= 4 is 11.6 Å². The summed E-state index contributed by atoms with van der Waals surface area (Å²) in [6.07, 6.45) is 3.41. The summed E-state index contributed by atoms with van der Waals surface area (Å²) in [7, 11) is 1.50. The van der Waals surface area contributed by atoms with Crippen LogP contribution in [0.15, 0.2) is 36.7 Å². The molecule has 0 fully saturated rings. The van der Waals surface area contributed by atoms with Crippen LogP contribution >= 0.6 is 11.6 Å². The zero-order valence-corrected chi connectivity index (χ0v) is 11.0. The number of methoxy groups -OCH3 is 1. The maximum atomic E-state index is 8.87. The molecule has 19 heavy (non-hydrogen) atoms.